The number of benzene rings is 2. The Balaban J connectivity index is 2.01. The molecule has 3 aromatic rings. The molecule has 3 rings (SSSR count). The van der Waals surface area contributed by atoms with Crippen molar-refractivity contribution in [1.82, 2.24) is 14.9 Å². The second-order valence-corrected chi connectivity index (χ2v) is 7.53. The molecule has 28 heavy (non-hydrogen) atoms. The normalized spacial score (nSPS) is 11.9. The van der Waals surface area contributed by atoms with E-state index in [4.69, 9.17) is 0 Å². The summed E-state index contributed by atoms with van der Waals surface area (Å²) in [5, 5.41) is 3.23. The van der Waals surface area contributed by atoms with Gasteiger partial charge in [0, 0.05) is 6.54 Å². The molecule has 1 N–H and O–H groups in total. The first-order chi connectivity index (χ1) is 13.5. The van der Waals surface area contributed by atoms with E-state index in [1.807, 2.05) is 6.07 Å². The Morgan fingerprint density at radius 3 is 2.71 bits per heavy atom. The summed E-state index contributed by atoms with van der Waals surface area (Å²) in [4.78, 5) is 29.9. The van der Waals surface area contributed by atoms with E-state index in [1.165, 1.54) is 28.5 Å². The van der Waals surface area contributed by atoms with Crippen LogP contribution >= 0.6 is 11.8 Å². The fourth-order valence-corrected chi connectivity index (χ4v) is 3.61. The van der Waals surface area contributed by atoms with Crippen LogP contribution in [0.3, 0.4) is 0 Å². The van der Waals surface area contributed by atoms with Gasteiger partial charge in [-0.05, 0) is 36.8 Å². The third kappa shape index (κ3) is 4.48. The number of nitrogens with zero attached hydrogens (tertiary/aromatic N) is 2. The fourth-order valence-electron chi connectivity index (χ4n) is 2.68. The molecule has 1 aromatic heterocycles. The van der Waals surface area contributed by atoms with Crippen LogP contribution < -0.4 is 10.9 Å². The van der Waals surface area contributed by atoms with Crippen LogP contribution in [0.1, 0.15) is 12.5 Å². The minimum absolute atomic E-state index is 0.166. The molecule has 1 atom stereocenters. The first kappa shape index (κ1) is 19.8. The zero-order chi connectivity index (χ0) is 20.1. The number of carbonyl (C=O) groups excluding carboxylic acids is 1. The maximum absolute atomic E-state index is 13.2. The summed E-state index contributed by atoms with van der Waals surface area (Å²) in [6.45, 7) is 5.95. The van der Waals surface area contributed by atoms with E-state index in [9.17, 15) is 14.0 Å². The average Bonchev–Trinajstić information content (AvgIpc) is 2.70. The smallest absolute Gasteiger partial charge is 0.262 e. The van der Waals surface area contributed by atoms with Gasteiger partial charge in [-0.15, -0.1) is 6.58 Å². The molecule has 1 amide bonds. The summed E-state index contributed by atoms with van der Waals surface area (Å²) in [7, 11) is 0. The topological polar surface area (TPSA) is 64.0 Å². The monoisotopic (exact) mass is 397 g/mol. The number of aromatic nitrogens is 2. The Bertz CT molecular complexity index is 1060. The molecule has 2 aromatic carbocycles. The lowest BCUT2D eigenvalue weighted by molar-refractivity contribution is -0.120. The molecule has 1 heterocycles. The largest absolute Gasteiger partial charge is 0.352 e. The molecule has 0 fully saturated rings. The second-order valence-electron chi connectivity index (χ2n) is 6.22. The van der Waals surface area contributed by atoms with Crippen LogP contribution in [-0.2, 0) is 11.3 Å². The summed E-state index contributed by atoms with van der Waals surface area (Å²) in [5.41, 5.74) is 1.14. The van der Waals surface area contributed by atoms with Crippen molar-refractivity contribution in [1.29, 1.82) is 0 Å². The minimum Gasteiger partial charge on any atom is -0.352 e. The van der Waals surface area contributed by atoms with E-state index < -0.39 is 5.25 Å². The van der Waals surface area contributed by atoms with Crippen molar-refractivity contribution in [3.63, 3.8) is 0 Å². The summed E-state index contributed by atoms with van der Waals surface area (Å²) in [6.07, 6.45) is 1.61. The summed E-state index contributed by atoms with van der Waals surface area (Å²) < 4.78 is 14.7. The maximum atomic E-state index is 13.2. The van der Waals surface area contributed by atoms with Crippen LogP contribution in [0.2, 0.25) is 0 Å². The van der Waals surface area contributed by atoms with Crippen molar-refractivity contribution >= 4 is 28.6 Å². The molecule has 5 nitrogen and oxygen atoms in total. The van der Waals surface area contributed by atoms with Crippen LogP contribution in [0, 0.1) is 5.82 Å². The van der Waals surface area contributed by atoms with Gasteiger partial charge in [0.25, 0.3) is 5.56 Å². The molecule has 0 radical (unpaired) electrons. The molecule has 0 bridgehead atoms. The zero-order valence-electron chi connectivity index (χ0n) is 15.4. The van der Waals surface area contributed by atoms with Crippen LogP contribution in [0.4, 0.5) is 4.39 Å². The van der Waals surface area contributed by atoms with Crippen molar-refractivity contribution in [2.75, 3.05) is 6.54 Å². The van der Waals surface area contributed by atoms with E-state index in [1.54, 1.807) is 43.3 Å². The first-order valence-corrected chi connectivity index (χ1v) is 9.67. The Hall–Kier alpha value is -2.93. The predicted octanol–water partition coefficient (Wildman–Crippen LogP) is 3.37. The van der Waals surface area contributed by atoms with Crippen LogP contribution in [-0.4, -0.2) is 27.3 Å². The third-order valence-electron chi connectivity index (χ3n) is 4.15. The Kier molecular flexibility index (Phi) is 6.26. The molecular formula is C21H20FN3O2S. The summed E-state index contributed by atoms with van der Waals surface area (Å²) in [5.74, 6) is -0.504. The van der Waals surface area contributed by atoms with Gasteiger partial charge in [-0.2, -0.15) is 0 Å². The number of rotatable bonds is 7. The lowest BCUT2D eigenvalue weighted by Gasteiger charge is -2.16. The molecule has 0 saturated heterocycles. The molecular weight excluding hydrogens is 377 g/mol. The van der Waals surface area contributed by atoms with Gasteiger partial charge >= 0.3 is 0 Å². The zero-order valence-corrected chi connectivity index (χ0v) is 16.2. The van der Waals surface area contributed by atoms with E-state index >= 15 is 0 Å². The SMILES string of the molecule is C=CCNC(=O)[C@@H](C)Sc1nc2ccccc2c(=O)n1Cc1ccc(F)cc1. The number of carbonyl (C=O) groups is 1. The Morgan fingerprint density at radius 2 is 2.00 bits per heavy atom. The van der Waals surface area contributed by atoms with Crippen LogP contribution in [0.15, 0.2) is 71.1 Å². The van der Waals surface area contributed by atoms with E-state index in [2.05, 4.69) is 16.9 Å². The Labute approximate surface area is 166 Å². The fraction of sp³-hybridized carbons (Fsp3) is 0.190. The first-order valence-electron chi connectivity index (χ1n) is 8.79. The number of thioether (sulfide) groups is 1. The quantitative estimate of drug-likeness (QED) is 0.377. The second kappa shape index (κ2) is 8.84. The molecule has 144 valence electrons. The highest BCUT2D eigenvalue weighted by Gasteiger charge is 2.19. The van der Waals surface area contributed by atoms with E-state index in [0.717, 1.165) is 5.56 Å². The number of para-hydroxylation sites is 1. The molecule has 7 heteroatoms. The lowest BCUT2D eigenvalue weighted by atomic mass is 10.2. The van der Waals surface area contributed by atoms with Gasteiger partial charge in [-0.25, -0.2) is 9.37 Å². The van der Waals surface area contributed by atoms with E-state index in [-0.39, 0.29) is 23.8 Å². The van der Waals surface area contributed by atoms with Gasteiger partial charge in [0.1, 0.15) is 5.82 Å². The lowest BCUT2D eigenvalue weighted by Crippen LogP contribution is -2.32. The van der Waals surface area contributed by atoms with Crippen molar-refractivity contribution < 1.29 is 9.18 Å². The van der Waals surface area contributed by atoms with E-state index in [0.29, 0.717) is 22.6 Å². The van der Waals surface area contributed by atoms with Crippen molar-refractivity contribution in [3.8, 4) is 0 Å². The number of hydrogen-bond donors (Lipinski definition) is 1. The molecule has 0 spiro atoms. The standard InChI is InChI=1S/C21H20FN3O2S/c1-3-12-23-19(26)14(2)28-21-24-18-7-5-4-6-17(18)20(27)25(21)13-15-8-10-16(22)11-9-15/h3-11,14H,1,12-13H2,2H3,(H,23,26)/t14-/m1/s1. The highest BCUT2D eigenvalue weighted by molar-refractivity contribution is 8.00. The molecule has 0 aliphatic rings. The van der Waals surface area contributed by atoms with Crippen molar-refractivity contribution in [2.45, 2.75) is 23.9 Å². The number of halogens is 1. The van der Waals surface area contributed by atoms with Crippen molar-refractivity contribution in [3.05, 3.63) is 82.9 Å². The van der Waals surface area contributed by atoms with Crippen LogP contribution in [0.5, 0.6) is 0 Å². The third-order valence-corrected chi connectivity index (χ3v) is 5.24. The molecule has 0 unspecified atom stereocenters. The van der Waals surface area contributed by atoms with Crippen molar-refractivity contribution in [2.24, 2.45) is 0 Å². The minimum atomic E-state index is -0.451. The molecule has 0 saturated carbocycles. The van der Waals surface area contributed by atoms with Gasteiger partial charge in [-0.3, -0.25) is 14.2 Å². The highest BCUT2D eigenvalue weighted by atomic mass is 32.2. The highest BCUT2D eigenvalue weighted by Crippen LogP contribution is 2.23. The summed E-state index contributed by atoms with van der Waals surface area (Å²) >= 11 is 1.21. The van der Waals surface area contributed by atoms with Gasteiger partial charge in [0.2, 0.25) is 5.91 Å². The van der Waals surface area contributed by atoms with Gasteiger partial charge < -0.3 is 5.32 Å². The number of hydrogen-bond acceptors (Lipinski definition) is 4. The average molecular weight is 397 g/mol. The van der Waals surface area contributed by atoms with Crippen LogP contribution in [0.25, 0.3) is 10.9 Å². The van der Waals surface area contributed by atoms with Gasteiger partial charge in [0.05, 0.1) is 22.7 Å². The molecule has 0 aliphatic carbocycles. The van der Waals surface area contributed by atoms with Gasteiger partial charge in [-0.1, -0.05) is 42.1 Å². The maximum Gasteiger partial charge on any atom is 0.262 e. The Morgan fingerprint density at radius 1 is 1.29 bits per heavy atom. The predicted molar refractivity (Wildman–Crippen MR) is 110 cm³/mol. The summed E-state index contributed by atoms with van der Waals surface area (Å²) in [6, 6.07) is 13.1. The number of amides is 1. The van der Waals surface area contributed by atoms with Gasteiger partial charge in [0.15, 0.2) is 5.16 Å². The number of fused-ring (bicyclic) bond motifs is 1. The molecule has 0 aliphatic heterocycles. The number of nitrogens with one attached hydrogen (secondary N) is 1.